The van der Waals surface area contributed by atoms with E-state index in [9.17, 15) is 9.18 Å². The molecule has 4 heterocycles. The van der Waals surface area contributed by atoms with Gasteiger partial charge in [0.2, 0.25) is 11.8 Å². The van der Waals surface area contributed by atoms with Gasteiger partial charge in [-0.05, 0) is 80.3 Å². The number of benzene rings is 1. The number of carbonyl (C=O) groups excluding carboxylic acids is 1. The van der Waals surface area contributed by atoms with Crippen LogP contribution in [0.4, 0.5) is 10.2 Å². The third kappa shape index (κ3) is 4.06. The van der Waals surface area contributed by atoms with Crippen molar-refractivity contribution < 1.29 is 13.9 Å². The first-order chi connectivity index (χ1) is 17.3. The van der Waals surface area contributed by atoms with Crippen molar-refractivity contribution >= 4 is 28.4 Å². The molecule has 0 spiro atoms. The van der Waals surface area contributed by atoms with Gasteiger partial charge >= 0.3 is 0 Å². The van der Waals surface area contributed by atoms with E-state index in [1.165, 1.54) is 12.1 Å². The lowest BCUT2D eigenvalue weighted by Gasteiger charge is -2.12. The SMILES string of the molecule is COc1nn(C)c2nc(C)c(CCC(=O)Nc3c(-c4ccc(F)cc4)nc4cc(C)ccn34)c(C)c12. The van der Waals surface area contributed by atoms with E-state index in [1.54, 1.807) is 23.9 Å². The summed E-state index contributed by atoms with van der Waals surface area (Å²) in [5.74, 6) is 0.592. The van der Waals surface area contributed by atoms with E-state index >= 15 is 0 Å². The van der Waals surface area contributed by atoms with Gasteiger partial charge in [-0.1, -0.05) is 0 Å². The van der Waals surface area contributed by atoms with Crippen LogP contribution in [0.5, 0.6) is 5.88 Å². The van der Waals surface area contributed by atoms with Gasteiger partial charge in [-0.25, -0.2) is 19.0 Å². The summed E-state index contributed by atoms with van der Waals surface area (Å²) >= 11 is 0. The number of carbonyl (C=O) groups is 1. The average Bonchev–Trinajstić information content (AvgIpc) is 3.36. The molecule has 0 aliphatic heterocycles. The van der Waals surface area contributed by atoms with Crippen LogP contribution in [0.15, 0.2) is 42.6 Å². The Balaban J connectivity index is 1.45. The number of aromatic nitrogens is 5. The molecule has 0 aliphatic rings. The van der Waals surface area contributed by atoms with E-state index in [-0.39, 0.29) is 18.1 Å². The minimum atomic E-state index is -0.328. The van der Waals surface area contributed by atoms with Crippen LogP contribution in [-0.4, -0.2) is 37.2 Å². The Bertz CT molecular complexity index is 1620. The quantitative estimate of drug-likeness (QED) is 0.368. The van der Waals surface area contributed by atoms with Gasteiger partial charge in [0, 0.05) is 30.9 Å². The van der Waals surface area contributed by atoms with Crippen molar-refractivity contribution in [2.45, 2.75) is 33.6 Å². The number of methoxy groups -OCH3 is 1. The van der Waals surface area contributed by atoms with Crippen LogP contribution in [0.1, 0.15) is 28.8 Å². The van der Waals surface area contributed by atoms with Gasteiger partial charge in [0.15, 0.2) is 5.65 Å². The molecule has 0 bridgehead atoms. The van der Waals surface area contributed by atoms with E-state index < -0.39 is 0 Å². The first kappa shape index (κ1) is 23.5. The summed E-state index contributed by atoms with van der Waals surface area (Å²) in [6, 6.07) is 9.99. The highest BCUT2D eigenvalue weighted by Crippen LogP contribution is 2.32. The number of ether oxygens (including phenoxy) is 1. The van der Waals surface area contributed by atoms with Gasteiger partial charge in [-0.3, -0.25) is 9.20 Å². The summed E-state index contributed by atoms with van der Waals surface area (Å²) < 4.78 is 22.5. The van der Waals surface area contributed by atoms with Crippen molar-refractivity contribution in [3.05, 3.63) is 70.8 Å². The van der Waals surface area contributed by atoms with Gasteiger partial charge in [0.05, 0.1) is 12.5 Å². The maximum Gasteiger partial charge on any atom is 0.242 e. The maximum atomic E-state index is 13.5. The molecule has 0 unspecified atom stereocenters. The fourth-order valence-electron chi connectivity index (χ4n) is 4.62. The van der Waals surface area contributed by atoms with Crippen LogP contribution < -0.4 is 10.1 Å². The van der Waals surface area contributed by atoms with Crippen molar-refractivity contribution in [3.8, 4) is 17.1 Å². The number of hydrogen-bond donors (Lipinski definition) is 1. The Morgan fingerprint density at radius 1 is 1.11 bits per heavy atom. The summed E-state index contributed by atoms with van der Waals surface area (Å²) in [4.78, 5) is 22.6. The highest BCUT2D eigenvalue weighted by Gasteiger charge is 2.20. The molecule has 8 nitrogen and oxygen atoms in total. The molecular weight excluding hydrogens is 459 g/mol. The van der Waals surface area contributed by atoms with Crippen molar-refractivity contribution in [1.29, 1.82) is 0 Å². The number of amides is 1. The Labute approximate surface area is 207 Å². The molecule has 0 saturated carbocycles. The van der Waals surface area contributed by atoms with Crippen molar-refractivity contribution in [3.63, 3.8) is 0 Å². The van der Waals surface area contributed by atoms with Crippen LogP contribution >= 0.6 is 0 Å². The number of aryl methyl sites for hydroxylation is 4. The molecule has 0 fully saturated rings. The molecule has 0 aliphatic carbocycles. The number of nitrogens with zero attached hydrogens (tertiary/aromatic N) is 5. The third-order valence-corrected chi connectivity index (χ3v) is 6.48. The van der Waals surface area contributed by atoms with E-state index in [0.717, 1.165) is 39.0 Å². The van der Waals surface area contributed by atoms with Gasteiger partial charge in [-0.2, -0.15) is 0 Å². The zero-order chi connectivity index (χ0) is 25.6. The van der Waals surface area contributed by atoms with Crippen molar-refractivity contribution in [2.75, 3.05) is 12.4 Å². The van der Waals surface area contributed by atoms with E-state index in [0.29, 0.717) is 29.5 Å². The Hall–Kier alpha value is -4.27. The second-order valence-electron chi connectivity index (χ2n) is 8.93. The highest BCUT2D eigenvalue weighted by atomic mass is 19.1. The number of rotatable bonds is 6. The normalized spacial score (nSPS) is 11.4. The van der Waals surface area contributed by atoms with Crippen LogP contribution in [0.2, 0.25) is 0 Å². The molecule has 4 aromatic heterocycles. The fraction of sp³-hybridized carbons (Fsp3) is 0.259. The summed E-state index contributed by atoms with van der Waals surface area (Å²) in [6.07, 6.45) is 2.63. The van der Waals surface area contributed by atoms with Crippen LogP contribution in [-0.2, 0) is 18.3 Å². The first-order valence-corrected chi connectivity index (χ1v) is 11.7. The monoisotopic (exact) mass is 486 g/mol. The number of anilines is 1. The van der Waals surface area contributed by atoms with Crippen molar-refractivity contribution in [1.82, 2.24) is 24.1 Å². The van der Waals surface area contributed by atoms with Crippen molar-refractivity contribution in [2.24, 2.45) is 7.05 Å². The number of hydrogen-bond acceptors (Lipinski definition) is 5. The number of halogens is 1. The van der Waals surface area contributed by atoms with E-state index in [4.69, 9.17) is 14.7 Å². The predicted octanol–water partition coefficient (Wildman–Crippen LogP) is 4.93. The van der Waals surface area contributed by atoms with Gasteiger partial charge in [-0.15, -0.1) is 5.10 Å². The minimum Gasteiger partial charge on any atom is -0.479 e. The van der Waals surface area contributed by atoms with Gasteiger partial charge in [0.1, 0.15) is 23.0 Å². The molecular formula is C27H27FN6O2. The average molecular weight is 487 g/mol. The molecule has 0 radical (unpaired) electrons. The molecule has 0 atom stereocenters. The Morgan fingerprint density at radius 2 is 1.86 bits per heavy atom. The van der Waals surface area contributed by atoms with Crippen LogP contribution in [0, 0.1) is 26.6 Å². The maximum absolute atomic E-state index is 13.5. The molecule has 5 rings (SSSR count). The molecule has 184 valence electrons. The van der Waals surface area contributed by atoms with E-state index in [2.05, 4.69) is 10.4 Å². The van der Waals surface area contributed by atoms with Gasteiger partial charge < -0.3 is 10.1 Å². The van der Waals surface area contributed by atoms with Gasteiger partial charge in [0.25, 0.3) is 0 Å². The third-order valence-electron chi connectivity index (χ3n) is 6.48. The summed E-state index contributed by atoms with van der Waals surface area (Å²) in [5.41, 5.74) is 6.67. The number of imidazole rings is 1. The molecule has 1 aromatic carbocycles. The fourth-order valence-corrected chi connectivity index (χ4v) is 4.62. The van der Waals surface area contributed by atoms with Crippen LogP contribution in [0.25, 0.3) is 27.9 Å². The Kier molecular flexibility index (Phi) is 5.91. The summed E-state index contributed by atoms with van der Waals surface area (Å²) in [6.45, 7) is 5.93. The molecule has 36 heavy (non-hydrogen) atoms. The zero-order valence-electron chi connectivity index (χ0n) is 20.9. The number of nitrogens with one attached hydrogen (secondary N) is 1. The predicted molar refractivity (Wildman–Crippen MR) is 137 cm³/mol. The lowest BCUT2D eigenvalue weighted by atomic mass is 10.00. The lowest BCUT2D eigenvalue weighted by molar-refractivity contribution is -0.116. The topological polar surface area (TPSA) is 86.3 Å². The number of pyridine rings is 2. The second kappa shape index (κ2) is 9.07. The second-order valence-corrected chi connectivity index (χ2v) is 8.93. The first-order valence-electron chi connectivity index (χ1n) is 11.7. The molecule has 9 heteroatoms. The van der Waals surface area contributed by atoms with E-state index in [1.807, 2.05) is 50.5 Å². The highest BCUT2D eigenvalue weighted by molar-refractivity contribution is 5.95. The Morgan fingerprint density at radius 3 is 2.58 bits per heavy atom. The van der Waals surface area contributed by atoms with Crippen LogP contribution in [0.3, 0.4) is 0 Å². The number of fused-ring (bicyclic) bond motifs is 2. The smallest absolute Gasteiger partial charge is 0.242 e. The molecule has 1 amide bonds. The largest absolute Gasteiger partial charge is 0.479 e. The molecule has 5 aromatic rings. The zero-order valence-corrected chi connectivity index (χ0v) is 20.9. The standard InChI is InChI=1S/C27H27FN6O2/c1-15-12-13-34-21(14-15)30-24(18-6-8-19(28)9-7-18)26(34)31-22(35)11-10-20-16(2)23-25(29-17(20)3)33(4)32-27(23)36-5/h6-9,12-14H,10-11H2,1-5H3,(H,31,35). The molecule has 1 N–H and O–H groups in total. The summed E-state index contributed by atoms with van der Waals surface area (Å²) in [5, 5.41) is 8.30. The molecule has 0 saturated heterocycles. The minimum absolute atomic E-state index is 0.155. The lowest BCUT2D eigenvalue weighted by Crippen LogP contribution is -2.15. The summed E-state index contributed by atoms with van der Waals surface area (Å²) in [7, 11) is 3.42.